The first-order chi connectivity index (χ1) is 11.4. The van der Waals surface area contributed by atoms with Crippen molar-refractivity contribution in [3.05, 3.63) is 63.0 Å². The second kappa shape index (κ2) is 8.75. The normalized spacial score (nSPS) is 11.0. The molecule has 0 saturated heterocycles. The fourth-order valence-electron chi connectivity index (χ4n) is 1.82. The summed E-state index contributed by atoms with van der Waals surface area (Å²) in [5.74, 6) is -0.522. The predicted octanol–water partition coefficient (Wildman–Crippen LogP) is 4.35. The molecule has 2 N–H and O–H groups in total. The molecular weight excluding hydrogens is 438 g/mol. The molecule has 7 heteroatoms. The number of hydrogen-bond acceptors (Lipinski definition) is 3. The Balaban J connectivity index is 1.86. The van der Waals surface area contributed by atoms with Crippen LogP contribution in [0.25, 0.3) is 0 Å². The van der Waals surface area contributed by atoms with Crippen LogP contribution in [0.4, 0.5) is 5.69 Å². The molecule has 0 saturated carbocycles. The summed E-state index contributed by atoms with van der Waals surface area (Å²) in [6, 6.07) is 14.2. The Kier molecular flexibility index (Phi) is 6.69. The summed E-state index contributed by atoms with van der Waals surface area (Å²) in [7, 11) is 0. The first-order valence-corrected chi connectivity index (χ1v) is 8.67. The number of carbonyl (C=O) groups is 2. The van der Waals surface area contributed by atoms with Crippen LogP contribution < -0.4 is 10.7 Å². The van der Waals surface area contributed by atoms with Gasteiger partial charge in [-0.3, -0.25) is 9.59 Å². The SMILES string of the molecule is C/C(CC(=O)Nc1ccc(Br)cc1)=N/NC(=O)c1ccc(Br)cc1. The van der Waals surface area contributed by atoms with Gasteiger partial charge in [0.1, 0.15) is 0 Å². The second-order valence-corrected chi connectivity index (χ2v) is 6.86. The molecule has 2 rings (SSSR count). The van der Waals surface area contributed by atoms with Crippen LogP contribution in [0.1, 0.15) is 23.7 Å². The summed E-state index contributed by atoms with van der Waals surface area (Å²) >= 11 is 6.64. The van der Waals surface area contributed by atoms with Crippen molar-refractivity contribution in [1.82, 2.24) is 5.43 Å². The maximum atomic E-state index is 11.9. The Morgan fingerprint density at radius 1 is 0.958 bits per heavy atom. The summed E-state index contributed by atoms with van der Waals surface area (Å²) in [5, 5.41) is 6.72. The van der Waals surface area contributed by atoms with E-state index in [1.807, 2.05) is 12.1 Å². The van der Waals surface area contributed by atoms with E-state index < -0.39 is 0 Å². The van der Waals surface area contributed by atoms with E-state index in [0.717, 1.165) is 8.95 Å². The van der Waals surface area contributed by atoms with Crippen molar-refractivity contribution in [2.24, 2.45) is 5.10 Å². The van der Waals surface area contributed by atoms with Gasteiger partial charge in [-0.25, -0.2) is 5.43 Å². The lowest BCUT2D eigenvalue weighted by Gasteiger charge is -2.06. The minimum atomic E-state index is -0.324. The first kappa shape index (κ1) is 18.4. The van der Waals surface area contributed by atoms with Crippen LogP contribution in [0.2, 0.25) is 0 Å². The monoisotopic (exact) mass is 451 g/mol. The molecule has 0 aliphatic carbocycles. The minimum absolute atomic E-state index is 0.0939. The zero-order chi connectivity index (χ0) is 17.5. The Labute approximate surface area is 156 Å². The van der Waals surface area contributed by atoms with Gasteiger partial charge in [-0.15, -0.1) is 0 Å². The van der Waals surface area contributed by atoms with Crippen molar-refractivity contribution in [2.75, 3.05) is 5.32 Å². The molecule has 24 heavy (non-hydrogen) atoms. The summed E-state index contributed by atoms with van der Waals surface area (Å²) < 4.78 is 1.83. The molecule has 0 radical (unpaired) electrons. The number of halogens is 2. The van der Waals surface area contributed by atoms with Gasteiger partial charge in [0.15, 0.2) is 0 Å². The number of nitrogens with zero attached hydrogens (tertiary/aromatic N) is 1. The number of nitrogens with one attached hydrogen (secondary N) is 2. The molecule has 0 atom stereocenters. The van der Waals surface area contributed by atoms with Crippen LogP contribution in [0, 0.1) is 0 Å². The number of hydrazone groups is 1. The highest BCUT2D eigenvalue weighted by Crippen LogP contribution is 2.14. The molecule has 0 aliphatic rings. The molecule has 2 aromatic rings. The smallest absolute Gasteiger partial charge is 0.271 e. The Morgan fingerprint density at radius 3 is 2.08 bits per heavy atom. The third-order valence-electron chi connectivity index (χ3n) is 3.00. The number of carbonyl (C=O) groups excluding carboxylic acids is 2. The number of rotatable bonds is 5. The van der Waals surface area contributed by atoms with E-state index >= 15 is 0 Å². The Morgan fingerprint density at radius 2 is 1.50 bits per heavy atom. The van der Waals surface area contributed by atoms with E-state index in [9.17, 15) is 9.59 Å². The largest absolute Gasteiger partial charge is 0.326 e. The van der Waals surface area contributed by atoms with Gasteiger partial charge in [-0.2, -0.15) is 5.10 Å². The van der Waals surface area contributed by atoms with Gasteiger partial charge >= 0.3 is 0 Å². The van der Waals surface area contributed by atoms with E-state index in [2.05, 4.69) is 47.7 Å². The van der Waals surface area contributed by atoms with Crippen LogP contribution in [-0.4, -0.2) is 17.5 Å². The van der Waals surface area contributed by atoms with Gasteiger partial charge in [-0.05, 0) is 55.5 Å². The standard InChI is InChI=1S/C17H15Br2N3O2/c1-11(10-16(23)20-15-8-6-14(19)7-9-15)21-22-17(24)12-2-4-13(18)5-3-12/h2-9H,10H2,1H3,(H,20,23)(H,22,24)/b21-11-. The third kappa shape index (κ3) is 5.90. The molecule has 5 nitrogen and oxygen atoms in total. The lowest BCUT2D eigenvalue weighted by atomic mass is 10.2. The molecule has 0 spiro atoms. The first-order valence-electron chi connectivity index (χ1n) is 7.08. The van der Waals surface area contributed by atoms with E-state index in [0.29, 0.717) is 17.0 Å². The van der Waals surface area contributed by atoms with Crippen molar-refractivity contribution in [3.63, 3.8) is 0 Å². The fraction of sp³-hybridized carbons (Fsp3) is 0.118. The summed E-state index contributed by atoms with van der Waals surface area (Å²) in [6.07, 6.45) is 0.0939. The highest BCUT2D eigenvalue weighted by atomic mass is 79.9. The van der Waals surface area contributed by atoms with Gasteiger partial charge in [0.2, 0.25) is 5.91 Å². The van der Waals surface area contributed by atoms with Crippen LogP contribution in [0.5, 0.6) is 0 Å². The molecule has 0 fully saturated rings. The lowest BCUT2D eigenvalue weighted by Crippen LogP contribution is -2.21. The average molecular weight is 453 g/mol. The van der Waals surface area contributed by atoms with Crippen LogP contribution in [0.3, 0.4) is 0 Å². The molecule has 2 amide bonds. The third-order valence-corrected chi connectivity index (χ3v) is 4.06. The molecule has 0 bridgehead atoms. The van der Waals surface area contributed by atoms with E-state index in [1.54, 1.807) is 43.3 Å². The number of benzene rings is 2. The molecule has 0 aliphatic heterocycles. The number of anilines is 1. The second-order valence-electron chi connectivity index (χ2n) is 5.03. The maximum absolute atomic E-state index is 11.9. The van der Waals surface area contributed by atoms with Crippen LogP contribution in [-0.2, 0) is 4.79 Å². The minimum Gasteiger partial charge on any atom is -0.326 e. The zero-order valence-electron chi connectivity index (χ0n) is 12.8. The Hall–Kier alpha value is -1.99. The fourth-order valence-corrected chi connectivity index (χ4v) is 2.35. The van der Waals surface area contributed by atoms with Crippen molar-refractivity contribution >= 4 is 55.1 Å². The lowest BCUT2D eigenvalue weighted by molar-refractivity contribution is -0.115. The van der Waals surface area contributed by atoms with Gasteiger partial charge in [0.25, 0.3) is 5.91 Å². The van der Waals surface area contributed by atoms with Crippen molar-refractivity contribution in [1.29, 1.82) is 0 Å². The molecule has 2 aromatic carbocycles. The Bertz CT molecular complexity index is 756. The van der Waals surface area contributed by atoms with Gasteiger partial charge in [0.05, 0.1) is 6.42 Å². The molecular formula is C17H15Br2N3O2. The van der Waals surface area contributed by atoms with Crippen LogP contribution in [0.15, 0.2) is 62.6 Å². The van der Waals surface area contributed by atoms with E-state index in [1.165, 1.54) is 0 Å². The zero-order valence-corrected chi connectivity index (χ0v) is 16.0. The molecule has 0 aromatic heterocycles. The topological polar surface area (TPSA) is 70.6 Å². The van der Waals surface area contributed by atoms with Crippen molar-refractivity contribution in [2.45, 2.75) is 13.3 Å². The molecule has 0 heterocycles. The average Bonchev–Trinajstić information content (AvgIpc) is 2.55. The maximum Gasteiger partial charge on any atom is 0.271 e. The summed E-state index contributed by atoms with van der Waals surface area (Å²) in [4.78, 5) is 23.9. The number of amides is 2. The highest BCUT2D eigenvalue weighted by molar-refractivity contribution is 9.10. The van der Waals surface area contributed by atoms with E-state index in [4.69, 9.17) is 0 Å². The summed E-state index contributed by atoms with van der Waals surface area (Å²) in [6.45, 7) is 1.68. The van der Waals surface area contributed by atoms with Gasteiger partial charge in [-0.1, -0.05) is 31.9 Å². The predicted molar refractivity (Wildman–Crippen MR) is 102 cm³/mol. The highest BCUT2D eigenvalue weighted by Gasteiger charge is 2.07. The van der Waals surface area contributed by atoms with Crippen LogP contribution >= 0.6 is 31.9 Å². The van der Waals surface area contributed by atoms with Gasteiger partial charge in [0, 0.05) is 25.9 Å². The molecule has 0 unspecified atom stereocenters. The van der Waals surface area contributed by atoms with Crippen molar-refractivity contribution < 1.29 is 9.59 Å². The van der Waals surface area contributed by atoms with Gasteiger partial charge < -0.3 is 5.32 Å². The van der Waals surface area contributed by atoms with Crippen molar-refractivity contribution in [3.8, 4) is 0 Å². The summed E-state index contributed by atoms with van der Waals surface area (Å²) in [5.41, 5.74) is 4.15. The molecule has 124 valence electrons. The quantitative estimate of drug-likeness (QED) is 0.523. The van der Waals surface area contributed by atoms with E-state index in [-0.39, 0.29) is 18.2 Å². The number of hydrogen-bond donors (Lipinski definition) is 2.